The highest BCUT2D eigenvalue weighted by Gasteiger charge is 2.23. The molecule has 1 aliphatic heterocycles. The number of aromatic nitrogens is 1. The molecule has 2 N–H and O–H groups in total. The zero-order chi connectivity index (χ0) is 18.6. The second-order valence-electron chi connectivity index (χ2n) is 6.74. The second-order valence-corrected chi connectivity index (χ2v) is 6.74. The number of rotatable bonds is 6. The molecule has 0 aliphatic carbocycles. The van der Waals surface area contributed by atoms with Crippen molar-refractivity contribution in [3.63, 3.8) is 0 Å². The highest BCUT2D eigenvalue weighted by Crippen LogP contribution is 2.18. The maximum Gasteiger partial charge on any atom is 0.339 e. The van der Waals surface area contributed by atoms with E-state index in [0.29, 0.717) is 29.1 Å². The molecule has 7 nitrogen and oxygen atoms in total. The van der Waals surface area contributed by atoms with Crippen LogP contribution in [0.15, 0.2) is 0 Å². The van der Waals surface area contributed by atoms with Gasteiger partial charge in [0.05, 0.1) is 24.9 Å². The Morgan fingerprint density at radius 3 is 2.52 bits per heavy atom. The minimum atomic E-state index is -0.430. The van der Waals surface area contributed by atoms with Gasteiger partial charge < -0.3 is 19.8 Å². The molecule has 2 atom stereocenters. The van der Waals surface area contributed by atoms with Crippen LogP contribution in [0, 0.1) is 13.8 Å². The maximum absolute atomic E-state index is 12.4. The molecule has 0 radical (unpaired) electrons. The van der Waals surface area contributed by atoms with Crippen LogP contribution < -0.4 is 5.32 Å². The van der Waals surface area contributed by atoms with Crippen LogP contribution in [0.4, 0.5) is 0 Å². The van der Waals surface area contributed by atoms with Gasteiger partial charge in [-0.1, -0.05) is 0 Å². The number of hydrogen-bond donors (Lipinski definition) is 2. The topological polar surface area (TPSA) is 83.7 Å². The van der Waals surface area contributed by atoms with E-state index in [1.54, 1.807) is 13.8 Å². The SMILES string of the molecule is COC(=O)c1c(C)[nH]c(C(=O)NCCCN2C[C@H](C)O[C@@H](C)C2)c1C. The molecule has 1 amide bonds. The fourth-order valence-corrected chi connectivity index (χ4v) is 3.45. The average molecular weight is 351 g/mol. The number of nitrogens with one attached hydrogen (secondary N) is 2. The van der Waals surface area contributed by atoms with Crippen LogP contribution in [0.3, 0.4) is 0 Å². The van der Waals surface area contributed by atoms with Crippen LogP contribution in [-0.4, -0.2) is 67.3 Å². The monoisotopic (exact) mass is 351 g/mol. The number of esters is 1. The first-order chi connectivity index (χ1) is 11.8. The molecular weight excluding hydrogens is 322 g/mol. The molecule has 0 bridgehead atoms. The summed E-state index contributed by atoms with van der Waals surface area (Å²) >= 11 is 0. The number of nitrogens with zero attached hydrogens (tertiary/aromatic N) is 1. The summed E-state index contributed by atoms with van der Waals surface area (Å²) in [6.07, 6.45) is 1.37. The van der Waals surface area contributed by atoms with E-state index in [1.165, 1.54) is 7.11 Å². The molecule has 1 saturated heterocycles. The van der Waals surface area contributed by atoms with E-state index in [4.69, 9.17) is 9.47 Å². The molecule has 2 heterocycles. The first-order valence-corrected chi connectivity index (χ1v) is 8.77. The van der Waals surface area contributed by atoms with Gasteiger partial charge in [-0.15, -0.1) is 0 Å². The van der Waals surface area contributed by atoms with Gasteiger partial charge in [-0.3, -0.25) is 9.69 Å². The lowest BCUT2D eigenvalue weighted by Gasteiger charge is -2.35. The number of carbonyl (C=O) groups is 2. The van der Waals surface area contributed by atoms with E-state index < -0.39 is 5.97 Å². The first-order valence-electron chi connectivity index (χ1n) is 8.77. The Morgan fingerprint density at radius 1 is 1.28 bits per heavy atom. The molecule has 0 aromatic carbocycles. The Bertz CT molecular complexity index is 616. The van der Waals surface area contributed by atoms with E-state index in [-0.39, 0.29) is 18.1 Å². The summed E-state index contributed by atoms with van der Waals surface area (Å²) in [6.45, 7) is 11.0. The Kier molecular flexibility index (Phi) is 6.61. The van der Waals surface area contributed by atoms with Gasteiger partial charge in [-0.25, -0.2) is 4.79 Å². The summed E-state index contributed by atoms with van der Waals surface area (Å²) in [5.41, 5.74) is 2.12. The van der Waals surface area contributed by atoms with Crippen molar-refractivity contribution in [1.82, 2.24) is 15.2 Å². The van der Waals surface area contributed by atoms with Gasteiger partial charge in [0.15, 0.2) is 0 Å². The normalized spacial score (nSPS) is 21.2. The van der Waals surface area contributed by atoms with Gasteiger partial charge in [0.2, 0.25) is 0 Å². The highest BCUT2D eigenvalue weighted by molar-refractivity contribution is 6.00. The van der Waals surface area contributed by atoms with E-state index >= 15 is 0 Å². The predicted octanol–water partition coefficient (Wildman–Crippen LogP) is 1.65. The molecule has 7 heteroatoms. The number of aromatic amines is 1. The predicted molar refractivity (Wildman–Crippen MR) is 95.0 cm³/mol. The fraction of sp³-hybridized carbons (Fsp3) is 0.667. The average Bonchev–Trinajstić information content (AvgIpc) is 2.84. The van der Waals surface area contributed by atoms with Crippen molar-refractivity contribution in [2.75, 3.05) is 33.3 Å². The minimum absolute atomic E-state index is 0.195. The number of carbonyl (C=O) groups excluding carboxylic acids is 2. The van der Waals surface area contributed by atoms with Gasteiger partial charge in [-0.2, -0.15) is 0 Å². The largest absolute Gasteiger partial charge is 0.465 e. The molecule has 0 spiro atoms. The van der Waals surface area contributed by atoms with Crippen molar-refractivity contribution in [1.29, 1.82) is 0 Å². The maximum atomic E-state index is 12.4. The smallest absolute Gasteiger partial charge is 0.339 e. The molecule has 1 aromatic rings. The van der Waals surface area contributed by atoms with E-state index in [9.17, 15) is 9.59 Å². The standard InChI is InChI=1S/C18H29N3O4/c1-11-9-21(10-12(2)25-11)8-6-7-19-17(22)16-13(3)15(14(4)20-16)18(23)24-5/h11-12,20H,6-10H2,1-5H3,(H,19,22)/t11-,12-/m0/s1. The molecule has 1 fully saturated rings. The molecule has 1 aliphatic rings. The van der Waals surface area contributed by atoms with Crippen LogP contribution >= 0.6 is 0 Å². The zero-order valence-electron chi connectivity index (χ0n) is 15.8. The quantitative estimate of drug-likeness (QED) is 0.601. The Balaban J connectivity index is 1.84. The molecule has 0 saturated carbocycles. The van der Waals surface area contributed by atoms with Crippen LogP contribution in [0.25, 0.3) is 0 Å². The number of methoxy groups -OCH3 is 1. The Labute approximate surface area is 149 Å². The number of amides is 1. The summed E-state index contributed by atoms with van der Waals surface area (Å²) in [6, 6.07) is 0. The van der Waals surface area contributed by atoms with Gasteiger partial charge >= 0.3 is 5.97 Å². The first kappa shape index (κ1) is 19.5. The van der Waals surface area contributed by atoms with Gasteiger partial charge in [0.1, 0.15) is 5.69 Å². The Hall–Kier alpha value is -1.86. The van der Waals surface area contributed by atoms with Crippen LogP contribution in [0.1, 0.15) is 52.4 Å². The third-order valence-electron chi connectivity index (χ3n) is 4.49. The molecule has 140 valence electrons. The summed E-state index contributed by atoms with van der Waals surface area (Å²) in [5.74, 6) is -0.625. The molecule has 0 unspecified atom stereocenters. The number of ether oxygens (including phenoxy) is 2. The lowest BCUT2D eigenvalue weighted by atomic mass is 10.1. The van der Waals surface area contributed by atoms with E-state index in [1.807, 2.05) is 0 Å². The van der Waals surface area contributed by atoms with Crippen molar-refractivity contribution >= 4 is 11.9 Å². The van der Waals surface area contributed by atoms with Gasteiger partial charge in [0, 0.05) is 31.9 Å². The van der Waals surface area contributed by atoms with Crippen LogP contribution in [0.5, 0.6) is 0 Å². The van der Waals surface area contributed by atoms with Crippen LogP contribution in [-0.2, 0) is 9.47 Å². The third kappa shape index (κ3) is 4.83. The molecular formula is C18H29N3O4. The van der Waals surface area contributed by atoms with Crippen molar-refractivity contribution in [2.45, 2.75) is 46.3 Å². The van der Waals surface area contributed by atoms with Gasteiger partial charge in [-0.05, 0) is 39.7 Å². The minimum Gasteiger partial charge on any atom is -0.465 e. The molecule has 1 aromatic heterocycles. The summed E-state index contributed by atoms with van der Waals surface area (Å²) in [4.78, 5) is 29.5. The number of aryl methyl sites for hydroxylation is 1. The summed E-state index contributed by atoms with van der Waals surface area (Å²) < 4.78 is 10.5. The number of H-pyrrole nitrogens is 1. The lowest BCUT2D eigenvalue weighted by molar-refractivity contribution is -0.0680. The van der Waals surface area contributed by atoms with E-state index in [2.05, 4.69) is 29.0 Å². The second kappa shape index (κ2) is 8.49. The Morgan fingerprint density at radius 2 is 1.92 bits per heavy atom. The fourth-order valence-electron chi connectivity index (χ4n) is 3.45. The summed E-state index contributed by atoms with van der Waals surface area (Å²) in [5, 5.41) is 2.92. The number of morpholine rings is 1. The summed E-state index contributed by atoms with van der Waals surface area (Å²) in [7, 11) is 1.33. The molecule has 25 heavy (non-hydrogen) atoms. The number of hydrogen-bond acceptors (Lipinski definition) is 5. The highest BCUT2D eigenvalue weighted by atomic mass is 16.5. The van der Waals surface area contributed by atoms with E-state index in [0.717, 1.165) is 26.1 Å². The van der Waals surface area contributed by atoms with Crippen LogP contribution in [0.2, 0.25) is 0 Å². The zero-order valence-corrected chi connectivity index (χ0v) is 15.8. The van der Waals surface area contributed by atoms with Crippen molar-refractivity contribution in [3.05, 3.63) is 22.5 Å². The third-order valence-corrected chi connectivity index (χ3v) is 4.49. The van der Waals surface area contributed by atoms with Gasteiger partial charge in [0.25, 0.3) is 5.91 Å². The molecule has 2 rings (SSSR count). The van der Waals surface area contributed by atoms with Crippen molar-refractivity contribution < 1.29 is 19.1 Å². The van der Waals surface area contributed by atoms with Crippen molar-refractivity contribution in [2.24, 2.45) is 0 Å². The van der Waals surface area contributed by atoms with Crippen molar-refractivity contribution in [3.8, 4) is 0 Å². The lowest BCUT2D eigenvalue weighted by Crippen LogP contribution is -2.46.